The van der Waals surface area contributed by atoms with Crippen LogP contribution in [0.1, 0.15) is 11.1 Å². The van der Waals surface area contributed by atoms with E-state index >= 15 is 0 Å². The number of hydrogen-bond acceptors (Lipinski definition) is 1. The molecular formula is C16H16ClFN2S. The summed E-state index contributed by atoms with van der Waals surface area (Å²) in [6, 6.07) is 12.5. The van der Waals surface area contributed by atoms with E-state index in [2.05, 4.69) is 5.32 Å². The molecule has 0 spiro atoms. The Hall–Kier alpha value is -1.65. The second-order valence-corrected chi connectivity index (χ2v) is 5.60. The predicted octanol–water partition coefficient (Wildman–Crippen LogP) is 4.62. The van der Waals surface area contributed by atoms with Crippen molar-refractivity contribution in [2.45, 2.75) is 13.5 Å². The molecule has 1 N–H and O–H groups in total. The predicted molar refractivity (Wildman–Crippen MR) is 90.3 cm³/mol. The van der Waals surface area contributed by atoms with Gasteiger partial charge in [-0.15, -0.1) is 0 Å². The van der Waals surface area contributed by atoms with Gasteiger partial charge in [0.25, 0.3) is 0 Å². The van der Waals surface area contributed by atoms with Crippen LogP contribution in [0.3, 0.4) is 0 Å². The minimum absolute atomic E-state index is 0.309. The molecule has 2 nitrogen and oxygen atoms in total. The fraction of sp³-hybridized carbons (Fsp3) is 0.188. The lowest BCUT2D eigenvalue weighted by Gasteiger charge is -2.22. The molecule has 5 heteroatoms. The summed E-state index contributed by atoms with van der Waals surface area (Å²) in [4.78, 5) is 1.76. The number of aryl methyl sites for hydroxylation is 1. The number of nitrogens with zero attached hydrogens (tertiary/aromatic N) is 1. The number of nitrogens with one attached hydrogen (secondary N) is 1. The van der Waals surface area contributed by atoms with E-state index in [0.29, 0.717) is 22.2 Å². The maximum atomic E-state index is 13.8. The number of benzene rings is 2. The van der Waals surface area contributed by atoms with Crippen molar-refractivity contribution in [3.05, 3.63) is 64.4 Å². The van der Waals surface area contributed by atoms with Crippen LogP contribution in [0, 0.1) is 12.7 Å². The van der Waals surface area contributed by atoms with Crippen molar-refractivity contribution < 1.29 is 4.39 Å². The standard InChI is InChI=1S/C16H16ClFN2S/c1-11-6-3-4-9-15(11)19-16(21)20(2)10-12-13(17)7-5-8-14(12)18/h3-9H,10H2,1-2H3,(H,19,21). The SMILES string of the molecule is Cc1ccccc1NC(=S)N(C)Cc1c(F)cccc1Cl. The van der Waals surface area contributed by atoms with Gasteiger partial charge in [-0.2, -0.15) is 0 Å². The van der Waals surface area contributed by atoms with Crippen molar-refractivity contribution in [2.75, 3.05) is 12.4 Å². The molecule has 0 bridgehead atoms. The van der Waals surface area contributed by atoms with Gasteiger partial charge >= 0.3 is 0 Å². The van der Waals surface area contributed by atoms with Crippen LogP contribution in [0.25, 0.3) is 0 Å². The third-order valence-electron chi connectivity index (χ3n) is 3.19. The van der Waals surface area contributed by atoms with E-state index in [1.807, 2.05) is 31.2 Å². The lowest BCUT2D eigenvalue weighted by Crippen LogP contribution is -2.31. The summed E-state index contributed by atoms with van der Waals surface area (Å²) in [5.74, 6) is -0.326. The van der Waals surface area contributed by atoms with Crippen LogP contribution in [0.5, 0.6) is 0 Å². The second-order valence-electron chi connectivity index (χ2n) is 4.80. The minimum Gasteiger partial charge on any atom is -0.348 e. The highest BCUT2D eigenvalue weighted by atomic mass is 35.5. The van der Waals surface area contributed by atoms with E-state index in [-0.39, 0.29) is 5.82 Å². The monoisotopic (exact) mass is 322 g/mol. The van der Waals surface area contributed by atoms with Crippen LogP contribution in [-0.2, 0) is 6.54 Å². The Balaban J connectivity index is 2.08. The topological polar surface area (TPSA) is 15.3 Å². The van der Waals surface area contributed by atoms with E-state index in [1.54, 1.807) is 24.1 Å². The Labute approximate surface area is 134 Å². The van der Waals surface area contributed by atoms with Gasteiger partial charge in [-0.1, -0.05) is 35.9 Å². The van der Waals surface area contributed by atoms with Crippen molar-refractivity contribution >= 4 is 34.6 Å². The van der Waals surface area contributed by atoms with Crippen LogP contribution in [0.2, 0.25) is 5.02 Å². The van der Waals surface area contributed by atoms with Gasteiger partial charge < -0.3 is 10.2 Å². The zero-order valence-electron chi connectivity index (χ0n) is 11.9. The fourth-order valence-corrected chi connectivity index (χ4v) is 2.31. The molecule has 0 atom stereocenters. The van der Waals surface area contributed by atoms with Crippen molar-refractivity contribution in [1.82, 2.24) is 4.90 Å². The number of rotatable bonds is 3. The highest BCUT2D eigenvalue weighted by Gasteiger charge is 2.12. The van der Waals surface area contributed by atoms with Crippen LogP contribution in [0.4, 0.5) is 10.1 Å². The Bertz CT molecular complexity index is 640. The highest BCUT2D eigenvalue weighted by Crippen LogP contribution is 2.21. The van der Waals surface area contributed by atoms with Gasteiger partial charge in [0.05, 0.1) is 0 Å². The first kappa shape index (κ1) is 15.7. The van der Waals surface area contributed by atoms with E-state index in [0.717, 1.165) is 11.3 Å². The van der Waals surface area contributed by atoms with Crippen molar-refractivity contribution in [1.29, 1.82) is 0 Å². The molecule has 0 aromatic heterocycles. The lowest BCUT2D eigenvalue weighted by atomic mass is 10.2. The van der Waals surface area contributed by atoms with E-state index in [1.165, 1.54) is 6.07 Å². The molecule has 0 saturated heterocycles. The summed E-state index contributed by atoms with van der Waals surface area (Å²) < 4.78 is 13.8. The molecule has 21 heavy (non-hydrogen) atoms. The van der Waals surface area contributed by atoms with Gasteiger partial charge in [0, 0.05) is 29.9 Å². The molecule has 110 valence electrons. The molecule has 0 fully saturated rings. The lowest BCUT2D eigenvalue weighted by molar-refractivity contribution is 0.486. The molecule has 0 saturated carbocycles. The number of thiocarbonyl (C=S) groups is 1. The first-order valence-electron chi connectivity index (χ1n) is 6.49. The molecule has 2 rings (SSSR count). The van der Waals surface area contributed by atoms with Crippen molar-refractivity contribution in [2.24, 2.45) is 0 Å². The summed E-state index contributed by atoms with van der Waals surface area (Å²) in [6.07, 6.45) is 0. The summed E-state index contributed by atoms with van der Waals surface area (Å²) in [7, 11) is 1.80. The highest BCUT2D eigenvalue weighted by molar-refractivity contribution is 7.80. The average molecular weight is 323 g/mol. The average Bonchev–Trinajstić information content (AvgIpc) is 2.45. The third kappa shape index (κ3) is 3.93. The molecule has 2 aromatic carbocycles. The van der Waals surface area contributed by atoms with Gasteiger partial charge in [0.2, 0.25) is 0 Å². The first-order valence-corrected chi connectivity index (χ1v) is 7.28. The molecule has 0 amide bonds. The number of anilines is 1. The number of halogens is 2. The first-order chi connectivity index (χ1) is 9.99. The summed E-state index contributed by atoms with van der Waals surface area (Å²) in [6.45, 7) is 2.31. The molecule has 0 aliphatic carbocycles. The van der Waals surface area contributed by atoms with Gasteiger partial charge in [0.15, 0.2) is 5.11 Å². The van der Waals surface area contributed by atoms with Gasteiger partial charge in [0.1, 0.15) is 5.82 Å². The Kier molecular flexibility index (Phi) is 5.15. The van der Waals surface area contributed by atoms with Crippen LogP contribution >= 0.6 is 23.8 Å². The Morgan fingerprint density at radius 2 is 1.95 bits per heavy atom. The third-order valence-corrected chi connectivity index (χ3v) is 3.96. The Morgan fingerprint density at radius 3 is 2.62 bits per heavy atom. The smallest absolute Gasteiger partial charge is 0.173 e. The summed E-state index contributed by atoms with van der Waals surface area (Å²) in [5, 5.41) is 4.08. The fourth-order valence-electron chi connectivity index (χ4n) is 1.92. The number of para-hydroxylation sites is 1. The Morgan fingerprint density at radius 1 is 1.24 bits per heavy atom. The second kappa shape index (κ2) is 6.87. The van der Waals surface area contributed by atoms with Gasteiger partial charge in [-0.3, -0.25) is 0 Å². The van der Waals surface area contributed by atoms with E-state index in [9.17, 15) is 4.39 Å². The van der Waals surface area contributed by atoms with Crippen LogP contribution in [0.15, 0.2) is 42.5 Å². The molecule has 0 aliphatic rings. The number of hydrogen-bond donors (Lipinski definition) is 1. The zero-order chi connectivity index (χ0) is 15.4. The quantitative estimate of drug-likeness (QED) is 0.830. The maximum absolute atomic E-state index is 13.8. The molecule has 2 aromatic rings. The van der Waals surface area contributed by atoms with E-state index in [4.69, 9.17) is 23.8 Å². The van der Waals surface area contributed by atoms with E-state index < -0.39 is 0 Å². The van der Waals surface area contributed by atoms with Crippen LogP contribution in [-0.4, -0.2) is 17.1 Å². The van der Waals surface area contributed by atoms with Gasteiger partial charge in [-0.25, -0.2) is 4.39 Å². The zero-order valence-corrected chi connectivity index (χ0v) is 13.4. The van der Waals surface area contributed by atoms with Gasteiger partial charge in [-0.05, 0) is 42.9 Å². The molecular weight excluding hydrogens is 307 g/mol. The van der Waals surface area contributed by atoms with Crippen molar-refractivity contribution in [3.8, 4) is 0 Å². The maximum Gasteiger partial charge on any atom is 0.173 e. The largest absolute Gasteiger partial charge is 0.348 e. The van der Waals surface area contributed by atoms with Crippen LogP contribution < -0.4 is 5.32 Å². The summed E-state index contributed by atoms with van der Waals surface area (Å²) in [5.41, 5.74) is 2.47. The molecule has 0 unspecified atom stereocenters. The van der Waals surface area contributed by atoms with Crippen molar-refractivity contribution in [3.63, 3.8) is 0 Å². The molecule has 0 radical (unpaired) electrons. The molecule has 0 aliphatic heterocycles. The summed E-state index contributed by atoms with van der Waals surface area (Å²) >= 11 is 11.4. The minimum atomic E-state index is -0.326. The normalized spacial score (nSPS) is 10.3. The molecule has 0 heterocycles.